The van der Waals surface area contributed by atoms with Crippen LogP contribution in [0.1, 0.15) is 54.2 Å². The molecule has 8 rings (SSSR count). The van der Waals surface area contributed by atoms with Crippen LogP contribution in [-0.2, 0) is 42.5 Å². The molecule has 3 aliphatic rings. The summed E-state index contributed by atoms with van der Waals surface area (Å²) in [5.74, 6) is -0.204. The van der Waals surface area contributed by atoms with Crippen LogP contribution in [0.2, 0.25) is 0 Å². The second-order valence-corrected chi connectivity index (χ2v) is 15.4. The maximum atomic E-state index is 15.4. The number of anilines is 1. The molecule has 3 amide bonds. The second kappa shape index (κ2) is 16.3. The summed E-state index contributed by atoms with van der Waals surface area (Å²) in [6.07, 6.45) is 4.86. The molecule has 10 nitrogen and oxygen atoms in total. The smallest absolute Gasteiger partial charge is 0.259 e. The summed E-state index contributed by atoms with van der Waals surface area (Å²) in [4.78, 5) is 50.8. The van der Waals surface area contributed by atoms with E-state index in [0.717, 1.165) is 65.3 Å². The highest BCUT2D eigenvalue weighted by atomic mass is 16.5. The van der Waals surface area contributed by atoms with Gasteiger partial charge < -0.3 is 29.1 Å². The lowest BCUT2D eigenvalue weighted by molar-refractivity contribution is -0.126. The summed E-state index contributed by atoms with van der Waals surface area (Å²) in [6, 6.07) is 30.7. The first-order valence-electron chi connectivity index (χ1n) is 19.7. The fourth-order valence-electron chi connectivity index (χ4n) is 8.40. The molecular formula is C47H49N5O5. The summed E-state index contributed by atoms with van der Waals surface area (Å²) < 4.78 is 7.66. The number of benzene rings is 4. The van der Waals surface area contributed by atoms with Crippen LogP contribution in [0, 0.1) is 6.92 Å². The van der Waals surface area contributed by atoms with Crippen molar-refractivity contribution in [1.29, 1.82) is 0 Å². The predicted molar refractivity (Wildman–Crippen MR) is 222 cm³/mol. The Morgan fingerprint density at radius 2 is 1.54 bits per heavy atom. The van der Waals surface area contributed by atoms with E-state index >= 15 is 4.79 Å². The Labute approximate surface area is 334 Å². The van der Waals surface area contributed by atoms with Crippen LogP contribution < -0.4 is 4.90 Å². The Morgan fingerprint density at radius 3 is 2.30 bits per heavy atom. The lowest BCUT2D eigenvalue weighted by Crippen LogP contribution is -2.52. The van der Waals surface area contributed by atoms with Gasteiger partial charge in [-0.25, -0.2) is 0 Å². The topological polar surface area (TPSA) is 98.6 Å². The van der Waals surface area contributed by atoms with Crippen molar-refractivity contribution in [2.45, 2.75) is 38.9 Å². The van der Waals surface area contributed by atoms with Crippen LogP contribution >= 0.6 is 0 Å². The predicted octanol–water partition coefficient (Wildman–Crippen LogP) is 6.48. The summed E-state index contributed by atoms with van der Waals surface area (Å²) in [6.45, 7) is 7.10. The molecule has 1 fully saturated rings. The van der Waals surface area contributed by atoms with E-state index < -0.39 is 0 Å². The zero-order chi connectivity index (χ0) is 39.6. The number of fused-ring (bicyclic) bond motifs is 2. The van der Waals surface area contributed by atoms with E-state index in [-0.39, 0.29) is 29.5 Å². The van der Waals surface area contributed by atoms with Gasteiger partial charge in [0.15, 0.2) is 0 Å². The third-order valence-electron chi connectivity index (χ3n) is 11.9. The second-order valence-electron chi connectivity index (χ2n) is 15.4. The van der Waals surface area contributed by atoms with Gasteiger partial charge in [0.25, 0.3) is 11.8 Å². The first-order chi connectivity index (χ1) is 27.6. The molecule has 3 aliphatic heterocycles. The molecule has 1 saturated heterocycles. The number of phenols is 1. The molecule has 4 heterocycles. The van der Waals surface area contributed by atoms with E-state index in [0.29, 0.717) is 56.1 Å². The lowest BCUT2D eigenvalue weighted by Gasteiger charge is -2.41. The van der Waals surface area contributed by atoms with Crippen LogP contribution in [-0.4, -0.2) is 94.6 Å². The third kappa shape index (κ3) is 7.88. The van der Waals surface area contributed by atoms with Crippen molar-refractivity contribution in [2.24, 2.45) is 7.05 Å². The number of phenolic OH excluding ortho intramolecular Hbond substituents is 1. The number of hydrogen-bond donors (Lipinski definition) is 1. The molecule has 10 heteroatoms. The zero-order valence-electron chi connectivity index (χ0n) is 32.9. The maximum absolute atomic E-state index is 15.4. The number of aromatic nitrogens is 1. The highest BCUT2D eigenvalue weighted by Crippen LogP contribution is 2.36. The highest BCUT2D eigenvalue weighted by molar-refractivity contribution is 6.08. The van der Waals surface area contributed by atoms with E-state index in [1.807, 2.05) is 82.9 Å². The number of nitrogens with zero attached hydrogens (tertiary/aromatic N) is 5. The van der Waals surface area contributed by atoms with Crippen LogP contribution in [0.3, 0.4) is 0 Å². The Morgan fingerprint density at radius 1 is 0.825 bits per heavy atom. The minimum absolute atomic E-state index is 0.0539. The summed E-state index contributed by atoms with van der Waals surface area (Å²) >= 11 is 0. The summed E-state index contributed by atoms with van der Waals surface area (Å²) in [5, 5.41) is 9.84. The molecular weight excluding hydrogens is 715 g/mol. The molecule has 0 unspecified atom stereocenters. The maximum Gasteiger partial charge on any atom is 0.259 e. The molecule has 1 aromatic heterocycles. The van der Waals surface area contributed by atoms with Gasteiger partial charge in [-0.05, 0) is 96.1 Å². The van der Waals surface area contributed by atoms with Gasteiger partial charge in [-0.3, -0.25) is 19.3 Å². The largest absolute Gasteiger partial charge is 0.508 e. The van der Waals surface area contributed by atoms with Gasteiger partial charge in [-0.15, -0.1) is 0 Å². The zero-order valence-corrected chi connectivity index (χ0v) is 32.9. The van der Waals surface area contributed by atoms with E-state index in [9.17, 15) is 14.7 Å². The Bertz CT molecular complexity index is 2330. The molecule has 1 atom stereocenters. The summed E-state index contributed by atoms with van der Waals surface area (Å²) in [5.41, 5.74) is 9.45. The molecule has 1 N–H and O–H groups in total. The van der Waals surface area contributed by atoms with Crippen molar-refractivity contribution in [3.8, 4) is 17.0 Å². The number of amides is 3. The fraction of sp³-hybridized carbons (Fsp3) is 0.298. The number of ether oxygens (including phenoxy) is 1. The Balaban J connectivity index is 1.18. The van der Waals surface area contributed by atoms with Gasteiger partial charge in [0.2, 0.25) is 5.91 Å². The van der Waals surface area contributed by atoms with Gasteiger partial charge in [0.1, 0.15) is 5.75 Å². The number of hydrogen-bond acceptors (Lipinski definition) is 6. The number of morpholine rings is 1. The minimum Gasteiger partial charge on any atom is -0.508 e. The number of carbonyl (C=O) groups excluding carboxylic acids is 3. The van der Waals surface area contributed by atoms with Gasteiger partial charge in [0.05, 0.1) is 18.8 Å². The monoisotopic (exact) mass is 763 g/mol. The number of aromatic hydroxyl groups is 1. The molecule has 0 radical (unpaired) electrons. The number of carbonyl (C=O) groups is 3. The molecule has 4 aromatic carbocycles. The van der Waals surface area contributed by atoms with Gasteiger partial charge >= 0.3 is 0 Å². The van der Waals surface area contributed by atoms with Gasteiger partial charge in [0, 0.05) is 93.7 Å². The molecule has 0 saturated carbocycles. The van der Waals surface area contributed by atoms with Crippen molar-refractivity contribution in [2.75, 3.05) is 51.3 Å². The standard InChI is InChI=1S/C47H49N5O5/c1-32-41(46(55)49(3)38-14-16-40(53)17-15-38)28-44(48(32)2)42-26-35-19-20-51(45(54)18-13-33-9-5-4-6-10-33)29-37(35)27-43(42)47(56)52-30-36-12-8-7-11-34(36)25-39(52)31-50-21-23-57-24-22-50/h4-18,26-28,39,53H,19-25,29-31H2,1-3H3/t39-/m0/s1. The van der Waals surface area contributed by atoms with E-state index in [1.165, 1.54) is 5.56 Å². The van der Waals surface area contributed by atoms with E-state index in [4.69, 9.17) is 4.74 Å². The van der Waals surface area contributed by atoms with Crippen LogP contribution in [0.25, 0.3) is 17.3 Å². The van der Waals surface area contributed by atoms with Crippen molar-refractivity contribution >= 4 is 29.5 Å². The van der Waals surface area contributed by atoms with Crippen LogP contribution in [0.4, 0.5) is 5.69 Å². The summed E-state index contributed by atoms with van der Waals surface area (Å²) in [7, 11) is 3.66. The van der Waals surface area contributed by atoms with Crippen molar-refractivity contribution < 1.29 is 24.2 Å². The third-order valence-corrected chi connectivity index (χ3v) is 11.9. The SMILES string of the molecule is Cc1c(C(=O)N(C)c2ccc(O)cc2)cc(-c2cc3c(cc2C(=O)N2Cc4ccccc4C[C@H]2CN2CCOCC2)CN(C(=O)C=Cc2ccccc2)CC3)n1C. The van der Waals surface area contributed by atoms with Crippen LogP contribution in [0.15, 0.2) is 103 Å². The molecule has 0 bridgehead atoms. The van der Waals surface area contributed by atoms with E-state index in [1.54, 1.807) is 42.3 Å². The first kappa shape index (κ1) is 37.9. The Kier molecular flexibility index (Phi) is 10.8. The fourth-order valence-corrected chi connectivity index (χ4v) is 8.40. The lowest BCUT2D eigenvalue weighted by atomic mass is 9.89. The van der Waals surface area contributed by atoms with Crippen molar-refractivity contribution in [1.82, 2.24) is 19.3 Å². The molecule has 0 aliphatic carbocycles. The number of rotatable bonds is 8. The highest BCUT2D eigenvalue weighted by Gasteiger charge is 2.35. The van der Waals surface area contributed by atoms with Crippen molar-refractivity contribution in [3.63, 3.8) is 0 Å². The molecule has 0 spiro atoms. The minimum atomic E-state index is -0.193. The molecule has 292 valence electrons. The van der Waals surface area contributed by atoms with Gasteiger partial charge in [-0.1, -0.05) is 54.6 Å². The first-order valence-corrected chi connectivity index (χ1v) is 19.7. The van der Waals surface area contributed by atoms with Crippen molar-refractivity contribution in [3.05, 3.63) is 148 Å². The Hall–Kier alpha value is -5.97. The average Bonchev–Trinajstić information content (AvgIpc) is 3.54. The molecule has 5 aromatic rings. The van der Waals surface area contributed by atoms with Gasteiger partial charge in [-0.2, -0.15) is 0 Å². The normalized spacial score (nSPS) is 17.0. The van der Waals surface area contributed by atoms with E-state index in [2.05, 4.69) is 29.2 Å². The van der Waals surface area contributed by atoms with Crippen LogP contribution in [0.5, 0.6) is 5.75 Å². The average molecular weight is 764 g/mol. The molecule has 57 heavy (non-hydrogen) atoms. The quantitative estimate of drug-likeness (QED) is 0.182.